The number of hydrogen-bond acceptors (Lipinski definition) is 5. The Morgan fingerprint density at radius 3 is 2.79 bits per heavy atom. The molecule has 0 saturated carbocycles. The molecule has 1 aliphatic heterocycles. The van der Waals surface area contributed by atoms with E-state index < -0.39 is 6.04 Å². The van der Waals surface area contributed by atoms with Crippen LogP contribution in [0.15, 0.2) is 41.9 Å². The number of rotatable bonds is 5. The molecule has 29 heavy (non-hydrogen) atoms. The fraction of sp³-hybridized carbons (Fsp3) is 0.333. The summed E-state index contributed by atoms with van der Waals surface area (Å²) >= 11 is 1.41. The van der Waals surface area contributed by atoms with Gasteiger partial charge in [0.15, 0.2) is 5.82 Å². The SMILES string of the molecule is Cc1cc(C)n(-c2ccc(CNC(=O)[C@@H]3CCCN3C(=O)c3cccs3)cn2)n1. The van der Waals surface area contributed by atoms with Gasteiger partial charge in [-0.15, -0.1) is 11.3 Å². The summed E-state index contributed by atoms with van der Waals surface area (Å²) in [6.07, 6.45) is 3.28. The molecule has 1 atom stereocenters. The second-order valence-corrected chi connectivity index (χ2v) is 8.16. The Balaban J connectivity index is 1.38. The first-order chi connectivity index (χ1) is 14.0. The summed E-state index contributed by atoms with van der Waals surface area (Å²) < 4.78 is 1.80. The summed E-state index contributed by atoms with van der Waals surface area (Å²) in [6.45, 7) is 4.93. The Morgan fingerprint density at radius 2 is 2.14 bits per heavy atom. The van der Waals surface area contributed by atoms with Crippen molar-refractivity contribution in [1.82, 2.24) is 25.0 Å². The lowest BCUT2D eigenvalue weighted by Crippen LogP contribution is -2.45. The highest BCUT2D eigenvalue weighted by Gasteiger charge is 2.34. The minimum atomic E-state index is -0.411. The normalized spacial score (nSPS) is 16.2. The summed E-state index contributed by atoms with van der Waals surface area (Å²) in [5.74, 6) is 0.567. The van der Waals surface area contributed by atoms with Gasteiger partial charge in [0.05, 0.1) is 10.6 Å². The van der Waals surface area contributed by atoms with E-state index in [1.165, 1.54) is 11.3 Å². The van der Waals surface area contributed by atoms with Crippen molar-refractivity contribution in [3.63, 3.8) is 0 Å². The molecule has 4 rings (SSSR count). The van der Waals surface area contributed by atoms with Gasteiger partial charge in [-0.25, -0.2) is 9.67 Å². The molecular weight excluding hydrogens is 386 g/mol. The topological polar surface area (TPSA) is 80.1 Å². The van der Waals surface area contributed by atoms with Crippen molar-refractivity contribution in [2.45, 2.75) is 39.3 Å². The van der Waals surface area contributed by atoms with Crippen molar-refractivity contribution in [2.75, 3.05) is 6.54 Å². The molecule has 150 valence electrons. The van der Waals surface area contributed by atoms with Crippen molar-refractivity contribution in [2.24, 2.45) is 0 Å². The van der Waals surface area contributed by atoms with E-state index in [0.717, 1.165) is 29.2 Å². The second kappa shape index (κ2) is 8.16. The zero-order valence-electron chi connectivity index (χ0n) is 16.5. The van der Waals surface area contributed by atoms with Crippen LogP contribution in [0.5, 0.6) is 0 Å². The van der Waals surface area contributed by atoms with Crippen molar-refractivity contribution < 1.29 is 9.59 Å². The largest absolute Gasteiger partial charge is 0.350 e. The van der Waals surface area contributed by atoms with E-state index in [4.69, 9.17) is 0 Å². The fourth-order valence-electron chi connectivity index (χ4n) is 3.64. The van der Waals surface area contributed by atoms with E-state index in [0.29, 0.717) is 24.4 Å². The third-order valence-corrected chi connectivity index (χ3v) is 5.91. The molecule has 0 spiro atoms. The lowest BCUT2D eigenvalue weighted by atomic mass is 10.2. The number of nitrogens with zero attached hydrogens (tertiary/aromatic N) is 4. The first-order valence-electron chi connectivity index (χ1n) is 9.63. The molecule has 1 aliphatic rings. The number of pyridine rings is 1. The van der Waals surface area contributed by atoms with Crippen LogP contribution in [0.2, 0.25) is 0 Å². The van der Waals surface area contributed by atoms with Crippen molar-refractivity contribution in [3.8, 4) is 5.82 Å². The predicted octanol–water partition coefficient (Wildman–Crippen LogP) is 2.87. The van der Waals surface area contributed by atoms with Crippen LogP contribution >= 0.6 is 11.3 Å². The standard InChI is InChI=1S/C21H23N5O2S/c1-14-11-15(2)26(24-14)19-8-7-16(12-22-19)13-23-20(27)17-5-3-9-25(17)21(28)18-6-4-10-29-18/h4,6-8,10-12,17H,3,5,9,13H2,1-2H3,(H,23,27)/t17-/m0/s1. The lowest BCUT2D eigenvalue weighted by Gasteiger charge is -2.23. The Hall–Kier alpha value is -3.00. The Morgan fingerprint density at radius 1 is 1.28 bits per heavy atom. The number of carbonyl (C=O) groups is 2. The highest BCUT2D eigenvalue weighted by Crippen LogP contribution is 2.22. The Kier molecular flexibility index (Phi) is 5.44. The number of aromatic nitrogens is 3. The van der Waals surface area contributed by atoms with Crippen LogP contribution in [-0.2, 0) is 11.3 Å². The molecule has 0 radical (unpaired) electrons. The second-order valence-electron chi connectivity index (χ2n) is 7.22. The Bertz CT molecular complexity index is 1010. The molecule has 0 bridgehead atoms. The molecule has 0 aromatic carbocycles. The van der Waals surface area contributed by atoms with Gasteiger partial charge in [0.2, 0.25) is 5.91 Å². The maximum atomic E-state index is 12.7. The van der Waals surface area contributed by atoms with Gasteiger partial charge in [0.1, 0.15) is 6.04 Å². The molecule has 8 heteroatoms. The number of thiophene rings is 1. The first kappa shape index (κ1) is 19.3. The van der Waals surface area contributed by atoms with Crippen LogP contribution in [0, 0.1) is 13.8 Å². The molecular formula is C21H23N5O2S. The molecule has 1 N–H and O–H groups in total. The van der Waals surface area contributed by atoms with Crippen molar-refractivity contribution in [1.29, 1.82) is 0 Å². The quantitative estimate of drug-likeness (QED) is 0.703. The number of carbonyl (C=O) groups excluding carboxylic acids is 2. The summed E-state index contributed by atoms with van der Waals surface area (Å²) in [7, 11) is 0. The van der Waals surface area contributed by atoms with E-state index in [1.807, 2.05) is 43.5 Å². The van der Waals surface area contributed by atoms with Crippen LogP contribution in [0.3, 0.4) is 0 Å². The predicted molar refractivity (Wildman–Crippen MR) is 111 cm³/mol. The number of aryl methyl sites for hydroxylation is 2. The van der Waals surface area contributed by atoms with Crippen LogP contribution < -0.4 is 5.32 Å². The minimum Gasteiger partial charge on any atom is -0.350 e. The van der Waals surface area contributed by atoms with Gasteiger partial charge in [0, 0.05) is 25.0 Å². The molecule has 4 heterocycles. The van der Waals surface area contributed by atoms with E-state index in [-0.39, 0.29) is 11.8 Å². The van der Waals surface area contributed by atoms with Crippen LogP contribution in [0.4, 0.5) is 0 Å². The number of likely N-dealkylation sites (tertiary alicyclic amines) is 1. The van der Waals surface area contributed by atoms with Crippen LogP contribution in [0.1, 0.15) is 39.5 Å². The number of nitrogens with one attached hydrogen (secondary N) is 1. The van der Waals surface area contributed by atoms with Crippen LogP contribution in [0.25, 0.3) is 5.82 Å². The molecule has 3 aromatic rings. The van der Waals surface area contributed by atoms with Crippen molar-refractivity contribution >= 4 is 23.2 Å². The lowest BCUT2D eigenvalue weighted by molar-refractivity contribution is -0.125. The summed E-state index contributed by atoms with van der Waals surface area (Å²) in [6, 6.07) is 9.07. The first-order valence-corrected chi connectivity index (χ1v) is 10.5. The average Bonchev–Trinajstić information content (AvgIpc) is 3.47. The van der Waals surface area contributed by atoms with Gasteiger partial charge < -0.3 is 10.2 Å². The maximum absolute atomic E-state index is 12.7. The third-order valence-electron chi connectivity index (χ3n) is 5.05. The van der Waals surface area contributed by atoms with Gasteiger partial charge >= 0.3 is 0 Å². The van der Waals surface area contributed by atoms with E-state index in [2.05, 4.69) is 15.4 Å². The molecule has 3 aromatic heterocycles. The summed E-state index contributed by atoms with van der Waals surface area (Å²) in [5.41, 5.74) is 2.87. The molecule has 2 amide bonds. The molecule has 7 nitrogen and oxygen atoms in total. The van der Waals surface area contributed by atoms with Gasteiger partial charge in [-0.3, -0.25) is 9.59 Å². The highest BCUT2D eigenvalue weighted by atomic mass is 32.1. The smallest absolute Gasteiger partial charge is 0.264 e. The molecule has 0 aliphatic carbocycles. The van der Waals surface area contributed by atoms with E-state index in [1.54, 1.807) is 21.8 Å². The number of hydrogen-bond donors (Lipinski definition) is 1. The summed E-state index contributed by atoms with van der Waals surface area (Å²) in [4.78, 5) is 32.2. The Labute approximate surface area is 173 Å². The van der Waals surface area contributed by atoms with E-state index in [9.17, 15) is 9.59 Å². The summed E-state index contributed by atoms with van der Waals surface area (Å²) in [5, 5.41) is 9.26. The monoisotopic (exact) mass is 409 g/mol. The zero-order chi connectivity index (χ0) is 20.4. The van der Waals surface area contributed by atoms with Crippen molar-refractivity contribution in [3.05, 3.63) is 63.7 Å². The van der Waals surface area contributed by atoms with Gasteiger partial charge in [0.25, 0.3) is 5.91 Å². The molecule has 0 unspecified atom stereocenters. The van der Waals surface area contributed by atoms with Crippen LogP contribution in [-0.4, -0.2) is 44.1 Å². The molecule has 1 fully saturated rings. The van der Waals surface area contributed by atoms with Gasteiger partial charge in [-0.2, -0.15) is 5.10 Å². The number of amides is 2. The molecule has 1 saturated heterocycles. The minimum absolute atomic E-state index is 0.0615. The van der Waals surface area contributed by atoms with E-state index >= 15 is 0 Å². The average molecular weight is 410 g/mol. The fourth-order valence-corrected chi connectivity index (χ4v) is 4.32. The van der Waals surface area contributed by atoms with Gasteiger partial charge in [-0.1, -0.05) is 12.1 Å². The highest BCUT2D eigenvalue weighted by molar-refractivity contribution is 7.12. The maximum Gasteiger partial charge on any atom is 0.264 e. The third kappa shape index (κ3) is 4.07. The van der Waals surface area contributed by atoms with Gasteiger partial charge in [-0.05, 0) is 55.8 Å². The zero-order valence-corrected chi connectivity index (χ0v) is 17.3.